The molecule has 0 amide bonds. The number of benzene rings is 1. The van der Waals surface area contributed by atoms with Crippen LogP contribution < -0.4 is 11.2 Å². The molecule has 1 aromatic heterocycles. The van der Waals surface area contributed by atoms with E-state index >= 15 is 0 Å². The quantitative estimate of drug-likeness (QED) is 0.509. The number of ether oxygens (including phenoxy) is 2. The Balaban J connectivity index is 1.77. The number of H-pyrrole nitrogens is 1. The largest absolute Gasteiger partial charge is 0.394 e. The molecular weight excluding hydrogens is 344 g/mol. The Labute approximate surface area is 148 Å². The van der Waals surface area contributed by atoms with E-state index in [1.165, 1.54) is 6.20 Å². The summed E-state index contributed by atoms with van der Waals surface area (Å²) in [6.45, 7) is -0.353. The van der Waals surface area contributed by atoms with Gasteiger partial charge in [0.2, 0.25) is 0 Å². The number of hydrogen-bond acceptors (Lipinski definition) is 7. The van der Waals surface area contributed by atoms with Gasteiger partial charge in [-0.15, -0.1) is 0 Å². The molecule has 3 rings (SSSR count). The third kappa shape index (κ3) is 3.76. The zero-order valence-electron chi connectivity index (χ0n) is 13.8. The van der Waals surface area contributed by atoms with Crippen molar-refractivity contribution in [3.63, 3.8) is 0 Å². The van der Waals surface area contributed by atoms with Crippen molar-refractivity contribution in [2.24, 2.45) is 0 Å². The van der Waals surface area contributed by atoms with Gasteiger partial charge in [0.25, 0.3) is 5.56 Å². The minimum absolute atomic E-state index is 0.0320. The van der Waals surface area contributed by atoms with Crippen molar-refractivity contribution in [1.29, 1.82) is 0 Å². The lowest BCUT2D eigenvalue weighted by Gasteiger charge is -2.15. The van der Waals surface area contributed by atoms with Crippen molar-refractivity contribution in [1.82, 2.24) is 9.55 Å². The summed E-state index contributed by atoms with van der Waals surface area (Å²) in [5.41, 5.74) is -0.508. The van der Waals surface area contributed by atoms with E-state index in [0.29, 0.717) is 0 Å². The second kappa shape index (κ2) is 7.94. The number of hydrogen-bond donors (Lipinski definition) is 4. The number of aliphatic hydroxyl groups is 3. The number of nitrogens with zero attached hydrogens (tertiary/aromatic N) is 1. The fraction of sp³-hybridized carbons (Fsp3) is 0.412. The van der Waals surface area contributed by atoms with Crippen molar-refractivity contribution in [2.75, 3.05) is 6.61 Å². The maximum absolute atomic E-state index is 12.1. The summed E-state index contributed by atoms with van der Waals surface area (Å²) in [5, 5.41) is 29.0. The van der Waals surface area contributed by atoms with Gasteiger partial charge in [-0.2, -0.15) is 0 Å². The Morgan fingerprint density at radius 1 is 1.15 bits per heavy atom. The lowest BCUT2D eigenvalue weighted by atomic mass is 10.0. The van der Waals surface area contributed by atoms with Crippen molar-refractivity contribution in [3.05, 3.63) is 68.5 Å². The van der Waals surface area contributed by atoms with Gasteiger partial charge in [0.1, 0.15) is 31.1 Å². The molecule has 2 heterocycles. The molecule has 9 heteroatoms. The molecule has 1 saturated heterocycles. The van der Waals surface area contributed by atoms with E-state index in [-0.39, 0.29) is 18.9 Å². The predicted octanol–water partition coefficient (Wildman–Crippen LogP) is -1.14. The third-order valence-electron chi connectivity index (χ3n) is 4.23. The van der Waals surface area contributed by atoms with Crippen molar-refractivity contribution in [3.8, 4) is 0 Å². The molecule has 26 heavy (non-hydrogen) atoms. The van der Waals surface area contributed by atoms with Gasteiger partial charge in [-0.25, -0.2) is 4.79 Å². The summed E-state index contributed by atoms with van der Waals surface area (Å²) in [5.74, 6) is 0. The molecular formula is C17H20N2O7. The minimum Gasteiger partial charge on any atom is -0.394 e. The molecule has 0 aliphatic carbocycles. The van der Waals surface area contributed by atoms with Crippen LogP contribution >= 0.6 is 0 Å². The van der Waals surface area contributed by atoms with Crippen molar-refractivity contribution < 1.29 is 24.8 Å². The first-order valence-corrected chi connectivity index (χ1v) is 8.09. The summed E-state index contributed by atoms with van der Waals surface area (Å²) in [7, 11) is 0. The molecule has 1 aromatic carbocycles. The highest BCUT2D eigenvalue weighted by Crippen LogP contribution is 2.31. The van der Waals surface area contributed by atoms with Gasteiger partial charge >= 0.3 is 5.69 Å². The number of aromatic amines is 1. The van der Waals surface area contributed by atoms with E-state index < -0.39 is 42.3 Å². The molecule has 9 nitrogen and oxygen atoms in total. The molecule has 2 aromatic rings. The summed E-state index contributed by atoms with van der Waals surface area (Å²) >= 11 is 0. The molecule has 0 radical (unpaired) electrons. The Morgan fingerprint density at radius 2 is 1.88 bits per heavy atom. The average Bonchev–Trinajstić information content (AvgIpc) is 2.92. The first-order valence-electron chi connectivity index (χ1n) is 8.09. The Bertz CT molecular complexity index is 848. The Morgan fingerprint density at radius 3 is 2.54 bits per heavy atom. The van der Waals surface area contributed by atoms with Crippen LogP contribution in [0.15, 0.2) is 46.1 Å². The lowest BCUT2D eigenvalue weighted by Crippen LogP contribution is -2.36. The molecule has 0 saturated carbocycles. The molecule has 0 spiro atoms. The van der Waals surface area contributed by atoms with Crippen LogP contribution in [0.5, 0.6) is 0 Å². The van der Waals surface area contributed by atoms with E-state index in [9.17, 15) is 19.8 Å². The van der Waals surface area contributed by atoms with Gasteiger partial charge in [0.15, 0.2) is 0 Å². The average molecular weight is 364 g/mol. The van der Waals surface area contributed by atoms with Crippen molar-refractivity contribution >= 4 is 0 Å². The smallest absolute Gasteiger partial charge is 0.330 e. The van der Waals surface area contributed by atoms with Gasteiger partial charge in [0, 0.05) is 6.20 Å². The van der Waals surface area contributed by atoms with Gasteiger partial charge in [-0.3, -0.25) is 14.3 Å². The Hall–Kier alpha value is -2.30. The summed E-state index contributed by atoms with van der Waals surface area (Å²) in [6, 6.07) is 9.36. The fourth-order valence-electron chi connectivity index (χ4n) is 2.82. The molecule has 0 bridgehead atoms. The fourth-order valence-corrected chi connectivity index (χ4v) is 2.82. The molecule has 1 fully saturated rings. The summed E-state index contributed by atoms with van der Waals surface area (Å²) < 4.78 is 12.0. The predicted molar refractivity (Wildman–Crippen MR) is 89.3 cm³/mol. The molecule has 1 aliphatic heterocycles. The van der Waals surface area contributed by atoms with E-state index in [2.05, 4.69) is 4.98 Å². The van der Waals surface area contributed by atoms with Crippen LogP contribution in [-0.4, -0.2) is 49.8 Å². The second-order valence-corrected chi connectivity index (χ2v) is 6.04. The maximum Gasteiger partial charge on any atom is 0.330 e. The van der Waals surface area contributed by atoms with Crippen LogP contribution in [0.1, 0.15) is 17.2 Å². The van der Waals surface area contributed by atoms with E-state index in [0.717, 1.165) is 10.1 Å². The molecule has 140 valence electrons. The van der Waals surface area contributed by atoms with Gasteiger partial charge in [-0.1, -0.05) is 30.3 Å². The lowest BCUT2D eigenvalue weighted by molar-refractivity contribution is -0.0236. The molecule has 0 unspecified atom stereocenters. The number of aromatic nitrogens is 2. The van der Waals surface area contributed by atoms with Crippen LogP contribution in [0.3, 0.4) is 0 Å². The summed E-state index contributed by atoms with van der Waals surface area (Å²) in [4.78, 5) is 26.2. The highest BCUT2D eigenvalue weighted by molar-refractivity contribution is 5.15. The SMILES string of the molecule is O=c1[nH]c(=O)n(COCc2ccccc2)cc1[C@@H]1O[C@H](CO)[C@@H](O)[C@H]1O. The van der Waals surface area contributed by atoms with E-state index in [1.807, 2.05) is 30.3 Å². The number of aliphatic hydroxyl groups excluding tert-OH is 3. The minimum atomic E-state index is -1.40. The van der Waals surface area contributed by atoms with Crippen LogP contribution in [0.2, 0.25) is 0 Å². The van der Waals surface area contributed by atoms with Crippen LogP contribution in [0, 0.1) is 0 Å². The molecule has 4 atom stereocenters. The molecule has 4 N–H and O–H groups in total. The maximum atomic E-state index is 12.1. The highest BCUT2D eigenvalue weighted by Gasteiger charge is 2.44. The topological polar surface area (TPSA) is 134 Å². The van der Waals surface area contributed by atoms with Crippen LogP contribution in [-0.2, 0) is 22.8 Å². The monoisotopic (exact) mass is 364 g/mol. The van der Waals surface area contributed by atoms with Crippen molar-refractivity contribution in [2.45, 2.75) is 37.8 Å². The second-order valence-electron chi connectivity index (χ2n) is 6.04. The van der Waals surface area contributed by atoms with Gasteiger partial charge in [-0.05, 0) is 5.56 Å². The van der Waals surface area contributed by atoms with Gasteiger partial charge in [0.05, 0.1) is 18.8 Å². The van der Waals surface area contributed by atoms with E-state index in [4.69, 9.17) is 14.6 Å². The zero-order chi connectivity index (χ0) is 18.7. The first kappa shape index (κ1) is 18.5. The Kier molecular flexibility index (Phi) is 5.64. The number of rotatable bonds is 6. The third-order valence-corrected chi connectivity index (χ3v) is 4.23. The number of nitrogens with one attached hydrogen (secondary N) is 1. The summed E-state index contributed by atoms with van der Waals surface area (Å²) in [6.07, 6.45) is -3.67. The van der Waals surface area contributed by atoms with E-state index in [1.54, 1.807) is 0 Å². The van der Waals surface area contributed by atoms with Crippen LogP contribution in [0.25, 0.3) is 0 Å². The standard InChI is InChI=1S/C17H20N2O7/c20-7-12-13(21)14(22)15(26-12)11-6-19(17(24)18-16(11)23)9-25-8-10-4-2-1-3-5-10/h1-6,12-15,20-22H,7-9H2,(H,18,23,24)/t12-,13-,14-,15+/m1/s1. The highest BCUT2D eigenvalue weighted by atomic mass is 16.6. The van der Waals surface area contributed by atoms with Crippen LogP contribution in [0.4, 0.5) is 0 Å². The molecule has 1 aliphatic rings. The normalized spacial score (nSPS) is 25.5. The zero-order valence-corrected chi connectivity index (χ0v) is 13.8. The first-order chi connectivity index (χ1) is 12.5. The van der Waals surface area contributed by atoms with Gasteiger partial charge < -0.3 is 24.8 Å².